The Morgan fingerprint density at radius 3 is 2.29 bits per heavy atom. The van der Waals surface area contributed by atoms with Crippen molar-refractivity contribution >= 4 is 34.8 Å². The number of hydrogen-bond donors (Lipinski definition) is 2. The van der Waals surface area contributed by atoms with Gasteiger partial charge in [0.2, 0.25) is 5.91 Å². The molecule has 0 bridgehead atoms. The number of fused-ring (bicyclic) bond motifs is 1. The fourth-order valence-electron chi connectivity index (χ4n) is 3.53. The summed E-state index contributed by atoms with van der Waals surface area (Å²) in [5, 5.41) is 5.87. The van der Waals surface area contributed by atoms with E-state index in [1.54, 1.807) is 69.4 Å². The smallest absolute Gasteiger partial charge is 0.419 e. The third kappa shape index (κ3) is 6.69. The molecule has 2 aromatic carbocycles. The zero-order valence-corrected chi connectivity index (χ0v) is 20.2. The second-order valence-corrected chi connectivity index (χ2v) is 8.92. The summed E-state index contributed by atoms with van der Waals surface area (Å²) in [6, 6.07) is 14.7. The van der Waals surface area contributed by atoms with Gasteiger partial charge in [-0.1, -0.05) is 36.4 Å². The maximum absolute atomic E-state index is 12.7. The van der Waals surface area contributed by atoms with Crippen LogP contribution in [0.25, 0.3) is 10.9 Å². The van der Waals surface area contributed by atoms with E-state index in [2.05, 4.69) is 10.6 Å². The van der Waals surface area contributed by atoms with Gasteiger partial charge in [0.15, 0.2) is 0 Å². The van der Waals surface area contributed by atoms with E-state index in [4.69, 9.17) is 9.47 Å². The van der Waals surface area contributed by atoms with E-state index in [1.807, 2.05) is 12.1 Å². The number of carbonyl (C=O) groups is 4. The predicted octanol–water partition coefficient (Wildman–Crippen LogP) is 3.05. The highest BCUT2D eigenvalue weighted by atomic mass is 16.6. The van der Waals surface area contributed by atoms with Crippen molar-refractivity contribution in [3.63, 3.8) is 0 Å². The van der Waals surface area contributed by atoms with Crippen LogP contribution >= 0.6 is 0 Å². The summed E-state index contributed by atoms with van der Waals surface area (Å²) in [4.78, 5) is 49.9. The summed E-state index contributed by atoms with van der Waals surface area (Å²) in [6.07, 6.45) is 1.11. The molecule has 2 amide bonds. The first-order valence-electron chi connectivity index (χ1n) is 11.1. The third-order valence-electron chi connectivity index (χ3n) is 5.08. The molecule has 35 heavy (non-hydrogen) atoms. The molecule has 0 saturated carbocycles. The number of hydrogen-bond acceptors (Lipinski definition) is 6. The van der Waals surface area contributed by atoms with Crippen molar-refractivity contribution in [2.75, 3.05) is 13.7 Å². The van der Waals surface area contributed by atoms with E-state index in [9.17, 15) is 19.2 Å². The minimum absolute atomic E-state index is 0.0708. The molecule has 0 aliphatic rings. The van der Waals surface area contributed by atoms with Crippen LogP contribution in [0.2, 0.25) is 0 Å². The minimum Gasteiger partial charge on any atom is -0.467 e. The standard InChI is InChI=1S/C26H29N3O6/c1-26(2,3)35-25(33)29-16-18(19-12-8-9-13-21(19)29)14-20(24(32)34-4)28-22(30)15-27-23(31)17-10-6-5-7-11-17/h5-13,16,20H,14-15H2,1-4H3,(H,27,31)(H,28,30)/t20-/m0/s1. The Labute approximate surface area is 203 Å². The van der Waals surface area contributed by atoms with Gasteiger partial charge in [-0.25, -0.2) is 9.59 Å². The van der Waals surface area contributed by atoms with Crippen molar-refractivity contribution in [1.82, 2.24) is 15.2 Å². The highest BCUT2D eigenvalue weighted by molar-refractivity contribution is 5.97. The second kappa shape index (κ2) is 10.9. The fraction of sp³-hybridized carbons (Fsp3) is 0.308. The van der Waals surface area contributed by atoms with Crippen molar-refractivity contribution in [3.8, 4) is 0 Å². The summed E-state index contributed by atoms with van der Waals surface area (Å²) >= 11 is 0. The SMILES string of the molecule is COC(=O)[C@H](Cc1cn(C(=O)OC(C)(C)C)c2ccccc12)NC(=O)CNC(=O)c1ccccc1. The molecule has 1 heterocycles. The van der Waals surface area contributed by atoms with Crippen molar-refractivity contribution in [1.29, 1.82) is 0 Å². The number of amides is 2. The molecule has 0 saturated heterocycles. The Bertz CT molecular complexity index is 1230. The number of para-hydroxylation sites is 1. The lowest BCUT2D eigenvalue weighted by molar-refractivity contribution is -0.144. The van der Waals surface area contributed by atoms with Crippen LogP contribution in [0.15, 0.2) is 60.8 Å². The third-order valence-corrected chi connectivity index (χ3v) is 5.08. The van der Waals surface area contributed by atoms with Crippen LogP contribution in [0.3, 0.4) is 0 Å². The molecule has 9 nitrogen and oxygen atoms in total. The molecule has 0 aliphatic heterocycles. The quantitative estimate of drug-likeness (QED) is 0.503. The van der Waals surface area contributed by atoms with Crippen molar-refractivity contribution in [2.45, 2.75) is 38.8 Å². The normalized spacial score (nSPS) is 12.0. The highest BCUT2D eigenvalue weighted by Gasteiger charge is 2.26. The van der Waals surface area contributed by atoms with Gasteiger partial charge in [-0.05, 0) is 44.5 Å². The lowest BCUT2D eigenvalue weighted by atomic mass is 10.0. The van der Waals surface area contributed by atoms with Gasteiger partial charge in [-0.3, -0.25) is 14.2 Å². The first-order chi connectivity index (χ1) is 16.6. The number of methoxy groups -OCH3 is 1. The molecule has 3 rings (SSSR count). The molecular formula is C26H29N3O6. The van der Waals surface area contributed by atoms with E-state index in [0.717, 1.165) is 5.39 Å². The molecule has 0 radical (unpaired) electrons. The lowest BCUT2D eigenvalue weighted by Gasteiger charge is -2.19. The van der Waals surface area contributed by atoms with Crippen molar-refractivity contribution < 1.29 is 28.7 Å². The first kappa shape index (κ1) is 25.5. The van der Waals surface area contributed by atoms with E-state index >= 15 is 0 Å². The lowest BCUT2D eigenvalue weighted by Crippen LogP contribution is -2.47. The number of esters is 1. The molecule has 9 heteroatoms. The molecular weight excluding hydrogens is 450 g/mol. The molecule has 184 valence electrons. The molecule has 0 fully saturated rings. The van der Waals surface area contributed by atoms with Crippen LogP contribution in [0.5, 0.6) is 0 Å². The van der Waals surface area contributed by atoms with Crippen LogP contribution in [-0.4, -0.2) is 53.7 Å². The average Bonchev–Trinajstić information content (AvgIpc) is 3.19. The zero-order valence-electron chi connectivity index (χ0n) is 20.2. The Balaban J connectivity index is 1.76. The van der Waals surface area contributed by atoms with E-state index < -0.39 is 35.5 Å². The number of nitrogens with one attached hydrogen (secondary N) is 2. The number of rotatable bonds is 7. The number of benzene rings is 2. The monoisotopic (exact) mass is 479 g/mol. The predicted molar refractivity (Wildman–Crippen MR) is 130 cm³/mol. The maximum Gasteiger partial charge on any atom is 0.419 e. The van der Waals surface area contributed by atoms with Crippen LogP contribution < -0.4 is 10.6 Å². The highest BCUT2D eigenvalue weighted by Crippen LogP contribution is 2.24. The minimum atomic E-state index is -1.03. The summed E-state index contributed by atoms with van der Waals surface area (Å²) in [5.41, 5.74) is 0.993. The maximum atomic E-state index is 12.7. The first-order valence-corrected chi connectivity index (χ1v) is 11.1. The molecule has 1 atom stereocenters. The summed E-state index contributed by atoms with van der Waals surface area (Å²) in [5.74, 6) is -1.61. The Kier molecular flexibility index (Phi) is 7.91. The summed E-state index contributed by atoms with van der Waals surface area (Å²) in [7, 11) is 1.22. The van der Waals surface area contributed by atoms with Gasteiger partial charge in [-0.15, -0.1) is 0 Å². The van der Waals surface area contributed by atoms with Gasteiger partial charge in [0.1, 0.15) is 11.6 Å². The Hall–Kier alpha value is -4.14. The van der Waals surface area contributed by atoms with Crippen LogP contribution in [-0.2, 0) is 25.5 Å². The van der Waals surface area contributed by atoms with Crippen LogP contribution in [0.1, 0.15) is 36.7 Å². The summed E-state index contributed by atoms with van der Waals surface area (Å²) < 4.78 is 11.8. The topological polar surface area (TPSA) is 116 Å². The van der Waals surface area contributed by atoms with Gasteiger partial charge in [0.25, 0.3) is 5.91 Å². The number of nitrogens with zero attached hydrogens (tertiary/aromatic N) is 1. The van der Waals surface area contributed by atoms with Gasteiger partial charge < -0.3 is 20.1 Å². The molecule has 0 spiro atoms. The van der Waals surface area contributed by atoms with Gasteiger partial charge in [0, 0.05) is 23.6 Å². The molecule has 1 aromatic heterocycles. The number of ether oxygens (including phenoxy) is 2. The Morgan fingerprint density at radius 2 is 1.63 bits per heavy atom. The van der Waals surface area contributed by atoms with Crippen molar-refractivity contribution in [2.24, 2.45) is 0 Å². The average molecular weight is 480 g/mol. The summed E-state index contributed by atoms with van der Waals surface area (Å²) in [6.45, 7) is 5.01. The second-order valence-electron chi connectivity index (χ2n) is 8.92. The number of aromatic nitrogens is 1. The largest absolute Gasteiger partial charge is 0.467 e. The molecule has 0 aliphatic carbocycles. The van der Waals surface area contributed by atoms with Crippen LogP contribution in [0, 0.1) is 0 Å². The van der Waals surface area contributed by atoms with Gasteiger partial charge in [-0.2, -0.15) is 0 Å². The Morgan fingerprint density at radius 1 is 0.971 bits per heavy atom. The van der Waals surface area contributed by atoms with E-state index in [1.165, 1.54) is 11.7 Å². The fourth-order valence-corrected chi connectivity index (χ4v) is 3.53. The molecule has 0 unspecified atom stereocenters. The zero-order chi connectivity index (χ0) is 25.6. The molecule has 2 N–H and O–H groups in total. The molecule has 3 aromatic rings. The van der Waals surface area contributed by atoms with Crippen LogP contribution in [0.4, 0.5) is 4.79 Å². The number of carbonyl (C=O) groups excluding carboxylic acids is 4. The van der Waals surface area contributed by atoms with Gasteiger partial charge >= 0.3 is 12.1 Å². The van der Waals surface area contributed by atoms with E-state index in [-0.39, 0.29) is 13.0 Å². The van der Waals surface area contributed by atoms with Gasteiger partial charge in [0.05, 0.1) is 19.2 Å². The van der Waals surface area contributed by atoms with Crippen molar-refractivity contribution in [3.05, 3.63) is 71.9 Å². The van der Waals surface area contributed by atoms with E-state index in [0.29, 0.717) is 16.6 Å².